The van der Waals surface area contributed by atoms with Crippen LogP contribution >= 0.6 is 11.3 Å². The van der Waals surface area contributed by atoms with Crippen LogP contribution in [-0.4, -0.2) is 15.8 Å². The first-order chi connectivity index (χ1) is 11.1. The van der Waals surface area contributed by atoms with E-state index in [4.69, 9.17) is 5.26 Å². The third-order valence-corrected chi connectivity index (χ3v) is 4.03. The Labute approximate surface area is 134 Å². The molecule has 7 nitrogen and oxygen atoms in total. The Kier molecular flexibility index (Phi) is 3.70. The lowest BCUT2D eigenvalue weighted by Gasteiger charge is -2.01. The fraction of sp³-hybridized carbons (Fsp3) is 0. The number of nitro benzene ring substituents is 1. The Morgan fingerprint density at radius 3 is 2.65 bits per heavy atom. The highest BCUT2D eigenvalue weighted by molar-refractivity contribution is 7.22. The van der Waals surface area contributed by atoms with Gasteiger partial charge < -0.3 is 0 Å². The van der Waals surface area contributed by atoms with Crippen LogP contribution < -0.4 is 5.32 Å². The first-order valence-corrected chi connectivity index (χ1v) is 7.25. The summed E-state index contributed by atoms with van der Waals surface area (Å²) in [6.45, 7) is 0. The fourth-order valence-corrected chi connectivity index (χ4v) is 2.79. The molecule has 0 unspecified atom stereocenters. The summed E-state index contributed by atoms with van der Waals surface area (Å²) in [6, 6.07) is 12.5. The van der Waals surface area contributed by atoms with Crippen molar-refractivity contribution in [2.24, 2.45) is 0 Å². The average Bonchev–Trinajstić information content (AvgIpc) is 2.96. The average molecular weight is 324 g/mol. The quantitative estimate of drug-likeness (QED) is 0.587. The van der Waals surface area contributed by atoms with Crippen LogP contribution in [0.4, 0.5) is 10.8 Å². The second-order valence-electron chi connectivity index (χ2n) is 4.57. The maximum absolute atomic E-state index is 12.1. The van der Waals surface area contributed by atoms with Gasteiger partial charge in [0.25, 0.3) is 11.6 Å². The Morgan fingerprint density at radius 2 is 2.00 bits per heavy atom. The van der Waals surface area contributed by atoms with E-state index in [0.717, 1.165) is 4.70 Å². The van der Waals surface area contributed by atoms with Crippen LogP contribution in [0.5, 0.6) is 0 Å². The van der Waals surface area contributed by atoms with Crippen molar-refractivity contribution in [1.82, 2.24) is 4.98 Å². The molecular weight excluding hydrogens is 316 g/mol. The van der Waals surface area contributed by atoms with Gasteiger partial charge in [0.05, 0.1) is 26.8 Å². The third-order valence-electron chi connectivity index (χ3n) is 3.08. The number of nitrogens with one attached hydrogen (secondary N) is 1. The number of nitro groups is 1. The molecule has 0 saturated carbocycles. The molecule has 0 atom stereocenters. The molecule has 0 saturated heterocycles. The Balaban J connectivity index is 1.84. The summed E-state index contributed by atoms with van der Waals surface area (Å²) in [5.41, 5.74) is 1.27. The maximum atomic E-state index is 12.1. The Morgan fingerprint density at radius 1 is 1.26 bits per heavy atom. The molecule has 1 amide bonds. The van der Waals surface area contributed by atoms with Gasteiger partial charge in [-0.1, -0.05) is 11.3 Å². The maximum Gasteiger partial charge on any atom is 0.271 e. The minimum Gasteiger partial charge on any atom is -0.298 e. The van der Waals surface area contributed by atoms with E-state index in [9.17, 15) is 14.9 Å². The number of fused-ring (bicyclic) bond motifs is 1. The molecule has 1 heterocycles. The van der Waals surface area contributed by atoms with Crippen molar-refractivity contribution < 1.29 is 9.72 Å². The summed E-state index contributed by atoms with van der Waals surface area (Å²) in [7, 11) is 0. The van der Waals surface area contributed by atoms with Crippen LogP contribution in [-0.2, 0) is 0 Å². The lowest BCUT2D eigenvalue weighted by Crippen LogP contribution is -2.11. The van der Waals surface area contributed by atoms with Crippen molar-refractivity contribution >= 4 is 38.3 Å². The molecule has 0 spiro atoms. The first-order valence-electron chi connectivity index (χ1n) is 6.43. The molecule has 0 radical (unpaired) electrons. The number of rotatable bonds is 3. The Hall–Kier alpha value is -3.31. The highest BCUT2D eigenvalue weighted by Gasteiger charge is 2.13. The molecule has 0 aliphatic heterocycles. The molecule has 2 aromatic carbocycles. The van der Waals surface area contributed by atoms with Gasteiger partial charge in [0.1, 0.15) is 0 Å². The number of hydrogen-bond donors (Lipinski definition) is 1. The van der Waals surface area contributed by atoms with E-state index in [1.54, 1.807) is 30.3 Å². The highest BCUT2D eigenvalue weighted by atomic mass is 32.1. The number of thiazole rings is 1. The van der Waals surface area contributed by atoms with E-state index in [2.05, 4.69) is 10.3 Å². The summed E-state index contributed by atoms with van der Waals surface area (Å²) in [5.74, 6) is -0.358. The van der Waals surface area contributed by atoms with Crippen LogP contribution in [0.1, 0.15) is 15.9 Å². The van der Waals surface area contributed by atoms with Crippen molar-refractivity contribution in [3.63, 3.8) is 0 Å². The molecule has 3 rings (SSSR count). The number of amides is 1. The van der Waals surface area contributed by atoms with E-state index in [1.165, 1.54) is 23.5 Å². The number of carbonyl (C=O) groups excluding carboxylic acids is 1. The van der Waals surface area contributed by atoms with Crippen LogP contribution in [0, 0.1) is 21.4 Å². The monoisotopic (exact) mass is 324 g/mol. The van der Waals surface area contributed by atoms with E-state index in [1.807, 2.05) is 6.07 Å². The number of nitrogens with zero attached hydrogens (tertiary/aromatic N) is 3. The summed E-state index contributed by atoms with van der Waals surface area (Å²) >= 11 is 1.23. The second-order valence-corrected chi connectivity index (χ2v) is 5.60. The number of benzene rings is 2. The van der Waals surface area contributed by atoms with Crippen LogP contribution in [0.2, 0.25) is 0 Å². The molecule has 1 N–H and O–H groups in total. The molecular formula is C15H8N4O3S. The molecule has 0 fully saturated rings. The van der Waals surface area contributed by atoms with Crippen LogP contribution in [0.3, 0.4) is 0 Å². The molecule has 23 heavy (non-hydrogen) atoms. The van der Waals surface area contributed by atoms with E-state index < -0.39 is 4.92 Å². The summed E-state index contributed by atoms with van der Waals surface area (Å²) in [4.78, 5) is 26.6. The largest absolute Gasteiger partial charge is 0.298 e. The number of non-ortho nitro benzene ring substituents is 1. The van der Waals surface area contributed by atoms with Crippen molar-refractivity contribution in [1.29, 1.82) is 5.26 Å². The highest BCUT2D eigenvalue weighted by Crippen LogP contribution is 2.29. The van der Waals surface area contributed by atoms with Gasteiger partial charge in [0.2, 0.25) is 0 Å². The summed E-state index contributed by atoms with van der Waals surface area (Å²) in [5, 5.41) is 22.5. The zero-order chi connectivity index (χ0) is 16.4. The number of nitriles is 1. The van der Waals surface area contributed by atoms with Gasteiger partial charge >= 0.3 is 0 Å². The molecule has 1 aromatic heterocycles. The zero-order valence-electron chi connectivity index (χ0n) is 11.5. The van der Waals surface area contributed by atoms with Gasteiger partial charge in [-0.05, 0) is 30.3 Å². The lowest BCUT2D eigenvalue weighted by atomic mass is 10.1. The number of carbonyl (C=O) groups is 1. The second kappa shape index (κ2) is 5.82. The van der Waals surface area contributed by atoms with Gasteiger partial charge in [-0.15, -0.1) is 0 Å². The number of anilines is 1. The van der Waals surface area contributed by atoms with Crippen LogP contribution in [0.25, 0.3) is 10.2 Å². The predicted octanol–water partition coefficient (Wildman–Crippen LogP) is 3.33. The van der Waals surface area contributed by atoms with Crippen LogP contribution in [0.15, 0.2) is 42.5 Å². The smallest absolute Gasteiger partial charge is 0.271 e. The van der Waals surface area contributed by atoms with E-state index in [-0.39, 0.29) is 11.6 Å². The molecule has 112 valence electrons. The Bertz CT molecular complexity index is 957. The molecule has 8 heteroatoms. The normalized spacial score (nSPS) is 10.2. The van der Waals surface area contributed by atoms with Gasteiger partial charge in [0, 0.05) is 17.7 Å². The van der Waals surface area contributed by atoms with Gasteiger partial charge in [0.15, 0.2) is 5.13 Å². The zero-order valence-corrected chi connectivity index (χ0v) is 12.3. The van der Waals surface area contributed by atoms with Gasteiger partial charge in [-0.25, -0.2) is 4.98 Å². The molecule has 0 aliphatic rings. The molecule has 0 aliphatic carbocycles. The summed E-state index contributed by atoms with van der Waals surface area (Å²) in [6.07, 6.45) is 0. The molecule has 3 aromatic rings. The lowest BCUT2D eigenvalue weighted by molar-refractivity contribution is -0.384. The van der Waals surface area contributed by atoms with Crippen molar-refractivity contribution in [3.05, 3.63) is 63.7 Å². The topological polar surface area (TPSA) is 109 Å². The standard InChI is InChI=1S/C15H8N4O3S/c16-8-9-1-3-10(4-2-9)14(20)18-15-17-12-7-11(19(21)22)5-6-13(12)23-15/h1-7H,(H,17,18,20). The van der Waals surface area contributed by atoms with Crippen molar-refractivity contribution in [2.45, 2.75) is 0 Å². The minimum absolute atomic E-state index is 0.0484. The molecule has 0 bridgehead atoms. The number of hydrogen-bond acceptors (Lipinski definition) is 6. The van der Waals surface area contributed by atoms with Gasteiger partial charge in [-0.2, -0.15) is 5.26 Å². The van der Waals surface area contributed by atoms with E-state index >= 15 is 0 Å². The predicted molar refractivity (Wildman–Crippen MR) is 85.4 cm³/mol. The first kappa shape index (κ1) is 14.6. The fourth-order valence-electron chi connectivity index (χ4n) is 1.95. The van der Waals surface area contributed by atoms with Crippen molar-refractivity contribution in [2.75, 3.05) is 5.32 Å². The third kappa shape index (κ3) is 3.00. The SMILES string of the molecule is N#Cc1ccc(C(=O)Nc2nc3cc([N+](=O)[O-])ccc3s2)cc1. The van der Waals surface area contributed by atoms with Crippen molar-refractivity contribution in [3.8, 4) is 6.07 Å². The van der Waals surface area contributed by atoms with Gasteiger partial charge in [-0.3, -0.25) is 20.2 Å². The minimum atomic E-state index is -0.492. The summed E-state index contributed by atoms with van der Waals surface area (Å²) < 4.78 is 0.741. The van der Waals surface area contributed by atoms with E-state index in [0.29, 0.717) is 21.8 Å². The number of aromatic nitrogens is 1.